The SMILES string of the molecule is C=CCC(C)(CC)C(C)CCC. The van der Waals surface area contributed by atoms with Crippen LogP contribution in [-0.2, 0) is 0 Å². The van der Waals surface area contributed by atoms with Gasteiger partial charge in [0.15, 0.2) is 0 Å². The first-order valence-corrected chi connectivity index (χ1v) is 5.21. The molecule has 0 nitrogen and oxygen atoms in total. The molecule has 0 spiro atoms. The molecule has 0 N–H and O–H groups in total. The molecule has 0 amide bonds. The summed E-state index contributed by atoms with van der Waals surface area (Å²) in [5, 5.41) is 0. The van der Waals surface area contributed by atoms with Crippen LogP contribution in [0.2, 0.25) is 0 Å². The predicted molar refractivity (Wildman–Crippen MR) is 57.3 cm³/mol. The van der Waals surface area contributed by atoms with Crippen molar-refractivity contribution >= 4 is 0 Å². The molecule has 0 saturated carbocycles. The smallest absolute Gasteiger partial charge is 0.0268 e. The first-order chi connectivity index (χ1) is 5.60. The largest absolute Gasteiger partial charge is 0.103 e. The minimum atomic E-state index is 0.484. The summed E-state index contributed by atoms with van der Waals surface area (Å²) >= 11 is 0. The lowest BCUT2D eigenvalue weighted by molar-refractivity contribution is 0.183. The van der Waals surface area contributed by atoms with Gasteiger partial charge in [-0.2, -0.15) is 0 Å². The maximum absolute atomic E-state index is 3.84. The van der Waals surface area contributed by atoms with Gasteiger partial charge in [-0.25, -0.2) is 0 Å². The molecule has 0 heteroatoms. The van der Waals surface area contributed by atoms with Crippen molar-refractivity contribution in [1.29, 1.82) is 0 Å². The maximum Gasteiger partial charge on any atom is -0.0268 e. The van der Waals surface area contributed by atoms with Crippen LogP contribution >= 0.6 is 0 Å². The van der Waals surface area contributed by atoms with Gasteiger partial charge in [0.05, 0.1) is 0 Å². The van der Waals surface area contributed by atoms with Crippen molar-refractivity contribution in [2.45, 2.75) is 53.4 Å². The summed E-state index contributed by atoms with van der Waals surface area (Å²) < 4.78 is 0. The van der Waals surface area contributed by atoms with Crippen molar-refractivity contribution in [2.24, 2.45) is 11.3 Å². The topological polar surface area (TPSA) is 0 Å². The van der Waals surface area contributed by atoms with Gasteiger partial charge < -0.3 is 0 Å². The number of hydrogen-bond acceptors (Lipinski definition) is 0. The van der Waals surface area contributed by atoms with Crippen molar-refractivity contribution in [3.63, 3.8) is 0 Å². The van der Waals surface area contributed by atoms with Gasteiger partial charge in [0.1, 0.15) is 0 Å². The van der Waals surface area contributed by atoms with Crippen molar-refractivity contribution in [3.8, 4) is 0 Å². The van der Waals surface area contributed by atoms with Gasteiger partial charge in [-0.1, -0.05) is 53.0 Å². The molecule has 12 heavy (non-hydrogen) atoms. The van der Waals surface area contributed by atoms with Gasteiger partial charge in [-0.3, -0.25) is 0 Å². The Balaban J connectivity index is 4.17. The average Bonchev–Trinajstić information content (AvgIpc) is 2.05. The molecule has 0 aromatic heterocycles. The second-order valence-electron chi connectivity index (χ2n) is 4.19. The standard InChI is InChI=1S/C12H24/c1-6-9-11(4)12(5,8-3)10-7-2/h7,11H,2,6,8-10H2,1,3-5H3. The summed E-state index contributed by atoms with van der Waals surface area (Å²) in [5.74, 6) is 0.825. The van der Waals surface area contributed by atoms with Crippen LogP contribution in [0.5, 0.6) is 0 Å². The van der Waals surface area contributed by atoms with E-state index < -0.39 is 0 Å². The molecule has 0 fully saturated rings. The molecule has 0 saturated heterocycles. The molecule has 0 aliphatic rings. The van der Waals surface area contributed by atoms with E-state index >= 15 is 0 Å². The Labute approximate surface area is 78.1 Å². The lowest BCUT2D eigenvalue weighted by Crippen LogP contribution is -2.23. The number of allylic oxidation sites excluding steroid dienone is 1. The van der Waals surface area contributed by atoms with E-state index in [9.17, 15) is 0 Å². The Morgan fingerprint density at radius 1 is 1.42 bits per heavy atom. The number of rotatable bonds is 6. The summed E-state index contributed by atoms with van der Waals surface area (Å²) in [6.07, 6.45) is 7.13. The van der Waals surface area contributed by atoms with E-state index in [-0.39, 0.29) is 0 Å². The highest BCUT2D eigenvalue weighted by atomic mass is 14.3. The first-order valence-electron chi connectivity index (χ1n) is 5.21. The molecular formula is C12H24. The molecule has 0 heterocycles. The third-order valence-electron chi connectivity index (χ3n) is 3.33. The van der Waals surface area contributed by atoms with E-state index in [1.807, 2.05) is 0 Å². The first kappa shape index (κ1) is 11.7. The average molecular weight is 168 g/mol. The lowest BCUT2D eigenvalue weighted by Gasteiger charge is -2.34. The van der Waals surface area contributed by atoms with Crippen molar-refractivity contribution in [3.05, 3.63) is 12.7 Å². The van der Waals surface area contributed by atoms with Crippen LogP contribution in [0.15, 0.2) is 12.7 Å². The van der Waals surface area contributed by atoms with Crippen LogP contribution in [0, 0.1) is 11.3 Å². The Hall–Kier alpha value is -0.260. The van der Waals surface area contributed by atoms with E-state index in [2.05, 4.69) is 40.3 Å². The maximum atomic E-state index is 3.84. The molecule has 0 rings (SSSR count). The molecule has 0 aromatic carbocycles. The summed E-state index contributed by atoms with van der Waals surface area (Å²) in [5.41, 5.74) is 0.484. The van der Waals surface area contributed by atoms with E-state index in [4.69, 9.17) is 0 Å². The fraction of sp³-hybridized carbons (Fsp3) is 0.833. The van der Waals surface area contributed by atoms with Gasteiger partial charge in [0, 0.05) is 0 Å². The molecule has 72 valence electrons. The highest BCUT2D eigenvalue weighted by Gasteiger charge is 2.26. The molecular weight excluding hydrogens is 144 g/mol. The van der Waals surface area contributed by atoms with Crippen LogP contribution in [0.25, 0.3) is 0 Å². The van der Waals surface area contributed by atoms with Crippen LogP contribution in [0.3, 0.4) is 0 Å². The zero-order chi connectivity index (χ0) is 9.61. The van der Waals surface area contributed by atoms with Crippen molar-refractivity contribution in [1.82, 2.24) is 0 Å². The summed E-state index contributed by atoms with van der Waals surface area (Å²) in [4.78, 5) is 0. The second kappa shape index (κ2) is 5.40. The molecule has 2 unspecified atom stereocenters. The molecule has 0 aliphatic heterocycles. The summed E-state index contributed by atoms with van der Waals surface area (Å²) in [6.45, 7) is 13.1. The van der Waals surface area contributed by atoms with Gasteiger partial charge in [0.25, 0.3) is 0 Å². The lowest BCUT2D eigenvalue weighted by atomic mass is 9.72. The third kappa shape index (κ3) is 3.00. The van der Waals surface area contributed by atoms with Crippen LogP contribution in [0.1, 0.15) is 53.4 Å². The van der Waals surface area contributed by atoms with Crippen LogP contribution in [0.4, 0.5) is 0 Å². The minimum absolute atomic E-state index is 0.484. The molecule has 0 radical (unpaired) electrons. The highest BCUT2D eigenvalue weighted by Crippen LogP contribution is 2.37. The second-order valence-corrected chi connectivity index (χ2v) is 4.19. The summed E-state index contributed by atoms with van der Waals surface area (Å²) in [6, 6.07) is 0. The van der Waals surface area contributed by atoms with E-state index in [1.165, 1.54) is 19.3 Å². The fourth-order valence-electron chi connectivity index (χ4n) is 1.81. The highest BCUT2D eigenvalue weighted by molar-refractivity contribution is 4.85. The van der Waals surface area contributed by atoms with Crippen LogP contribution < -0.4 is 0 Å². The zero-order valence-corrected chi connectivity index (χ0v) is 9.19. The minimum Gasteiger partial charge on any atom is -0.103 e. The van der Waals surface area contributed by atoms with E-state index in [0.717, 1.165) is 12.3 Å². The predicted octanol–water partition coefficient (Wildman–Crippen LogP) is 4.42. The van der Waals surface area contributed by atoms with Crippen molar-refractivity contribution in [2.75, 3.05) is 0 Å². The Morgan fingerprint density at radius 2 is 2.00 bits per heavy atom. The van der Waals surface area contributed by atoms with Crippen LogP contribution in [-0.4, -0.2) is 0 Å². The summed E-state index contributed by atoms with van der Waals surface area (Å²) in [7, 11) is 0. The van der Waals surface area contributed by atoms with Gasteiger partial charge in [0.2, 0.25) is 0 Å². The van der Waals surface area contributed by atoms with Gasteiger partial charge >= 0.3 is 0 Å². The Kier molecular flexibility index (Phi) is 5.28. The van der Waals surface area contributed by atoms with E-state index in [0.29, 0.717) is 5.41 Å². The zero-order valence-electron chi connectivity index (χ0n) is 9.19. The number of hydrogen-bond donors (Lipinski definition) is 0. The van der Waals surface area contributed by atoms with Gasteiger partial charge in [-0.15, -0.1) is 6.58 Å². The quantitative estimate of drug-likeness (QED) is 0.515. The fourth-order valence-corrected chi connectivity index (χ4v) is 1.81. The third-order valence-corrected chi connectivity index (χ3v) is 3.33. The van der Waals surface area contributed by atoms with Gasteiger partial charge in [-0.05, 0) is 17.8 Å². The Morgan fingerprint density at radius 3 is 2.33 bits per heavy atom. The molecule has 0 bridgehead atoms. The molecule has 2 atom stereocenters. The monoisotopic (exact) mass is 168 g/mol. The molecule has 0 aliphatic carbocycles. The normalized spacial score (nSPS) is 18.3. The molecule has 0 aromatic rings. The van der Waals surface area contributed by atoms with Crippen molar-refractivity contribution < 1.29 is 0 Å². The van der Waals surface area contributed by atoms with E-state index in [1.54, 1.807) is 0 Å². The Bertz CT molecular complexity index is 126.